The SMILES string of the molecule is C[C@H]1Cc2cc(C(=O)OCC(=O)c3ccc(F)c(F)c3)ccc2N1S(C)(=O)=O. The summed E-state index contributed by atoms with van der Waals surface area (Å²) >= 11 is 0. The highest BCUT2D eigenvalue weighted by atomic mass is 32.2. The Bertz CT molecular complexity index is 1070. The maximum Gasteiger partial charge on any atom is 0.338 e. The van der Waals surface area contributed by atoms with Crippen LogP contribution in [0.4, 0.5) is 14.5 Å². The standard InChI is InChI=1S/C19H17F2NO5S/c1-11-7-14-8-13(4-6-17(14)22(11)28(2,25)26)19(24)27-10-18(23)12-3-5-15(20)16(21)9-12/h3-6,8-9,11H,7,10H2,1-2H3/t11-/m0/s1. The van der Waals surface area contributed by atoms with Gasteiger partial charge in [0.2, 0.25) is 10.0 Å². The Morgan fingerprint density at radius 3 is 2.43 bits per heavy atom. The van der Waals surface area contributed by atoms with E-state index in [9.17, 15) is 26.8 Å². The van der Waals surface area contributed by atoms with Gasteiger partial charge in [0.15, 0.2) is 24.0 Å². The van der Waals surface area contributed by atoms with E-state index in [0.717, 1.165) is 24.5 Å². The largest absolute Gasteiger partial charge is 0.454 e. The lowest BCUT2D eigenvalue weighted by Crippen LogP contribution is -2.34. The topological polar surface area (TPSA) is 80.8 Å². The molecule has 1 atom stereocenters. The maximum atomic E-state index is 13.2. The van der Waals surface area contributed by atoms with E-state index in [2.05, 4.69) is 0 Å². The molecule has 1 aliphatic rings. The van der Waals surface area contributed by atoms with Crippen LogP contribution in [0.2, 0.25) is 0 Å². The number of carbonyl (C=O) groups excluding carboxylic acids is 2. The first-order valence-corrected chi connectivity index (χ1v) is 10.2. The van der Waals surface area contributed by atoms with Crippen molar-refractivity contribution in [1.29, 1.82) is 0 Å². The zero-order chi connectivity index (χ0) is 20.6. The van der Waals surface area contributed by atoms with E-state index < -0.39 is 40.0 Å². The summed E-state index contributed by atoms with van der Waals surface area (Å²) < 4.78 is 56.2. The molecule has 2 aromatic carbocycles. The number of halogens is 2. The average Bonchev–Trinajstić information content (AvgIpc) is 2.96. The molecule has 148 valence electrons. The van der Waals surface area contributed by atoms with Crippen LogP contribution < -0.4 is 4.31 Å². The first-order chi connectivity index (χ1) is 13.1. The van der Waals surface area contributed by atoms with Gasteiger partial charge < -0.3 is 4.74 Å². The summed E-state index contributed by atoms with van der Waals surface area (Å²) in [5.74, 6) is -3.70. The van der Waals surface area contributed by atoms with Crippen LogP contribution in [-0.2, 0) is 21.2 Å². The lowest BCUT2D eigenvalue weighted by atomic mass is 10.1. The molecule has 0 aliphatic carbocycles. The number of sulfonamides is 1. The van der Waals surface area contributed by atoms with Gasteiger partial charge in [-0.2, -0.15) is 0 Å². The number of ketones is 1. The van der Waals surface area contributed by atoms with Crippen LogP contribution >= 0.6 is 0 Å². The first kappa shape index (κ1) is 19.9. The number of rotatable bonds is 5. The number of ether oxygens (including phenoxy) is 1. The van der Waals surface area contributed by atoms with Crippen molar-refractivity contribution in [1.82, 2.24) is 0 Å². The highest BCUT2D eigenvalue weighted by Crippen LogP contribution is 2.34. The zero-order valence-corrected chi connectivity index (χ0v) is 15.9. The number of Topliss-reactive ketones (excluding diaryl/α,β-unsaturated/α-hetero) is 1. The van der Waals surface area contributed by atoms with Crippen LogP contribution in [0.3, 0.4) is 0 Å². The number of hydrogen-bond donors (Lipinski definition) is 0. The minimum absolute atomic E-state index is 0.113. The molecule has 3 rings (SSSR count). The Balaban J connectivity index is 1.71. The van der Waals surface area contributed by atoms with E-state index in [1.807, 2.05) is 0 Å². The number of hydrogen-bond acceptors (Lipinski definition) is 5. The number of carbonyl (C=O) groups is 2. The van der Waals surface area contributed by atoms with Crippen molar-refractivity contribution in [2.75, 3.05) is 17.2 Å². The molecular formula is C19H17F2NO5S. The van der Waals surface area contributed by atoms with E-state index in [1.54, 1.807) is 6.92 Å². The van der Waals surface area contributed by atoms with Crippen molar-refractivity contribution in [3.8, 4) is 0 Å². The molecule has 0 fully saturated rings. The molecule has 0 N–H and O–H groups in total. The minimum Gasteiger partial charge on any atom is -0.454 e. The second-order valence-electron chi connectivity index (χ2n) is 6.58. The lowest BCUT2D eigenvalue weighted by Gasteiger charge is -2.21. The molecule has 9 heteroatoms. The number of esters is 1. The molecule has 0 unspecified atom stereocenters. The Kier molecular flexibility index (Phi) is 5.20. The fourth-order valence-corrected chi connectivity index (χ4v) is 4.47. The summed E-state index contributed by atoms with van der Waals surface area (Å²) in [5, 5.41) is 0. The molecule has 0 saturated carbocycles. The number of benzene rings is 2. The second kappa shape index (κ2) is 7.31. The van der Waals surface area contributed by atoms with Gasteiger partial charge in [-0.05, 0) is 55.3 Å². The van der Waals surface area contributed by atoms with Gasteiger partial charge in [-0.3, -0.25) is 9.10 Å². The molecule has 2 aromatic rings. The Hall–Kier alpha value is -2.81. The van der Waals surface area contributed by atoms with Crippen LogP contribution in [0.1, 0.15) is 33.2 Å². The first-order valence-electron chi connectivity index (χ1n) is 8.35. The Morgan fingerprint density at radius 2 is 1.79 bits per heavy atom. The molecule has 1 aliphatic heterocycles. The molecule has 0 amide bonds. The van der Waals surface area contributed by atoms with Crippen molar-refractivity contribution < 1.29 is 31.5 Å². The van der Waals surface area contributed by atoms with Crippen LogP contribution in [0.5, 0.6) is 0 Å². The molecular weight excluding hydrogens is 392 g/mol. The smallest absolute Gasteiger partial charge is 0.338 e. The van der Waals surface area contributed by atoms with Gasteiger partial charge in [-0.15, -0.1) is 0 Å². The summed E-state index contributed by atoms with van der Waals surface area (Å²) in [7, 11) is -3.44. The molecule has 1 heterocycles. The Labute approximate surface area is 160 Å². The predicted octanol–water partition coefficient (Wildman–Crippen LogP) is 2.72. The Morgan fingerprint density at radius 1 is 1.11 bits per heavy atom. The van der Waals surface area contributed by atoms with Gasteiger partial charge in [0, 0.05) is 11.6 Å². The van der Waals surface area contributed by atoms with Crippen molar-refractivity contribution >= 4 is 27.5 Å². The zero-order valence-electron chi connectivity index (χ0n) is 15.1. The molecule has 6 nitrogen and oxygen atoms in total. The van der Waals surface area contributed by atoms with E-state index in [1.165, 1.54) is 22.5 Å². The minimum atomic E-state index is -3.44. The summed E-state index contributed by atoms with van der Waals surface area (Å²) in [6.07, 6.45) is 1.56. The van der Waals surface area contributed by atoms with E-state index in [-0.39, 0.29) is 17.2 Å². The molecule has 0 aromatic heterocycles. The normalized spacial score (nSPS) is 16.0. The number of fused-ring (bicyclic) bond motifs is 1. The number of anilines is 1. The van der Waals surface area contributed by atoms with E-state index in [0.29, 0.717) is 17.7 Å². The maximum absolute atomic E-state index is 13.2. The van der Waals surface area contributed by atoms with Crippen LogP contribution in [0.25, 0.3) is 0 Å². The van der Waals surface area contributed by atoms with Crippen molar-refractivity contribution in [2.24, 2.45) is 0 Å². The molecule has 0 spiro atoms. The molecule has 0 saturated heterocycles. The third-order valence-corrected chi connectivity index (χ3v) is 5.67. The van der Waals surface area contributed by atoms with E-state index >= 15 is 0 Å². The van der Waals surface area contributed by atoms with E-state index in [4.69, 9.17) is 4.74 Å². The van der Waals surface area contributed by atoms with Gasteiger partial charge in [0.1, 0.15) is 0 Å². The fraction of sp³-hybridized carbons (Fsp3) is 0.263. The van der Waals surface area contributed by atoms with Crippen LogP contribution in [0, 0.1) is 11.6 Å². The van der Waals surface area contributed by atoms with Gasteiger partial charge in [-0.1, -0.05) is 0 Å². The third-order valence-electron chi connectivity index (χ3n) is 4.40. The monoisotopic (exact) mass is 409 g/mol. The van der Waals surface area contributed by atoms with Gasteiger partial charge in [-0.25, -0.2) is 22.0 Å². The quantitative estimate of drug-likeness (QED) is 0.560. The molecule has 28 heavy (non-hydrogen) atoms. The third kappa shape index (κ3) is 3.89. The van der Waals surface area contributed by atoms with Crippen LogP contribution in [0.15, 0.2) is 36.4 Å². The van der Waals surface area contributed by atoms with Crippen LogP contribution in [-0.4, -0.2) is 39.1 Å². The highest BCUT2D eigenvalue weighted by Gasteiger charge is 2.33. The summed E-state index contributed by atoms with van der Waals surface area (Å²) in [5.41, 5.74) is 1.24. The second-order valence-corrected chi connectivity index (χ2v) is 8.44. The average molecular weight is 409 g/mol. The number of nitrogens with zero attached hydrogens (tertiary/aromatic N) is 1. The fourth-order valence-electron chi connectivity index (χ4n) is 3.20. The summed E-state index contributed by atoms with van der Waals surface area (Å²) in [4.78, 5) is 24.2. The predicted molar refractivity (Wildman–Crippen MR) is 97.9 cm³/mol. The van der Waals surface area contributed by atoms with Gasteiger partial charge >= 0.3 is 5.97 Å². The van der Waals surface area contributed by atoms with Crippen molar-refractivity contribution in [2.45, 2.75) is 19.4 Å². The van der Waals surface area contributed by atoms with Crippen molar-refractivity contribution in [3.05, 3.63) is 64.7 Å². The summed E-state index contributed by atoms with van der Waals surface area (Å²) in [6, 6.07) is 6.85. The summed E-state index contributed by atoms with van der Waals surface area (Å²) in [6.45, 7) is 1.13. The molecule has 0 bridgehead atoms. The van der Waals surface area contributed by atoms with Crippen molar-refractivity contribution in [3.63, 3.8) is 0 Å². The molecule has 0 radical (unpaired) electrons. The lowest BCUT2D eigenvalue weighted by molar-refractivity contribution is 0.0474. The highest BCUT2D eigenvalue weighted by molar-refractivity contribution is 7.92. The van der Waals surface area contributed by atoms with Gasteiger partial charge in [0.25, 0.3) is 0 Å². The van der Waals surface area contributed by atoms with Gasteiger partial charge in [0.05, 0.1) is 17.5 Å².